The highest BCUT2D eigenvalue weighted by Crippen LogP contribution is 2.25. The zero-order valence-electron chi connectivity index (χ0n) is 8.65. The van der Waals surface area contributed by atoms with Crippen LogP contribution >= 0.6 is 0 Å². The molecule has 0 saturated carbocycles. The van der Waals surface area contributed by atoms with Crippen molar-refractivity contribution in [2.24, 2.45) is 0 Å². The Morgan fingerprint density at radius 2 is 2.29 bits per heavy atom. The average molecular weight is 238 g/mol. The van der Waals surface area contributed by atoms with Gasteiger partial charge in [-0.15, -0.1) is 0 Å². The minimum absolute atomic E-state index is 0.0358. The summed E-state index contributed by atoms with van der Waals surface area (Å²) < 4.78 is 0. The first kappa shape index (κ1) is 12.8. The maximum Gasteiger partial charge on any atom is 0.311 e. The summed E-state index contributed by atoms with van der Waals surface area (Å²) in [7, 11) is 0. The number of rotatable bonds is 4. The van der Waals surface area contributed by atoms with Crippen molar-refractivity contribution in [3.8, 4) is 6.07 Å². The number of anilines is 1. The molecule has 0 spiro atoms. The van der Waals surface area contributed by atoms with Crippen LogP contribution in [0.15, 0.2) is 12.3 Å². The largest absolute Gasteiger partial charge is 0.389 e. The van der Waals surface area contributed by atoms with Crippen molar-refractivity contribution in [2.45, 2.75) is 18.6 Å². The van der Waals surface area contributed by atoms with Gasteiger partial charge in [-0.2, -0.15) is 5.26 Å². The van der Waals surface area contributed by atoms with Crippen molar-refractivity contribution >= 4 is 11.5 Å². The molecule has 0 aliphatic rings. The number of nitrogen functional groups attached to an aromatic ring is 1. The van der Waals surface area contributed by atoms with Gasteiger partial charge in [0.2, 0.25) is 5.82 Å². The standard InChI is InChI=1S/C9H10N4O4/c10-2-1-7(14)8(15)5-3-6(13(16)17)9(11)12-4-5/h3-4,7-8,14-15H,1H2,(H2,11,12). The number of hydrogen-bond acceptors (Lipinski definition) is 7. The van der Waals surface area contributed by atoms with Crippen molar-refractivity contribution in [1.29, 1.82) is 5.26 Å². The van der Waals surface area contributed by atoms with E-state index >= 15 is 0 Å². The molecule has 0 bridgehead atoms. The minimum atomic E-state index is -1.42. The molecule has 2 unspecified atom stereocenters. The van der Waals surface area contributed by atoms with Crippen LogP contribution in [0.4, 0.5) is 11.5 Å². The Kier molecular flexibility index (Phi) is 3.92. The highest BCUT2D eigenvalue weighted by molar-refractivity contribution is 5.53. The smallest absolute Gasteiger partial charge is 0.311 e. The number of aliphatic hydroxyl groups excluding tert-OH is 2. The van der Waals surface area contributed by atoms with E-state index in [1.807, 2.05) is 0 Å². The summed E-state index contributed by atoms with van der Waals surface area (Å²) in [5, 5.41) is 37.9. The lowest BCUT2D eigenvalue weighted by Gasteiger charge is -2.14. The number of nitrogens with zero attached hydrogens (tertiary/aromatic N) is 3. The van der Waals surface area contributed by atoms with Gasteiger partial charge < -0.3 is 15.9 Å². The van der Waals surface area contributed by atoms with E-state index in [0.29, 0.717) is 0 Å². The van der Waals surface area contributed by atoms with Crippen LogP contribution in [-0.4, -0.2) is 26.2 Å². The lowest BCUT2D eigenvalue weighted by Crippen LogP contribution is -2.18. The predicted molar refractivity (Wildman–Crippen MR) is 56.5 cm³/mol. The molecule has 0 amide bonds. The Morgan fingerprint density at radius 3 is 2.82 bits per heavy atom. The molecule has 1 rings (SSSR count). The molecule has 0 saturated heterocycles. The monoisotopic (exact) mass is 238 g/mol. The second-order valence-electron chi connectivity index (χ2n) is 3.30. The highest BCUT2D eigenvalue weighted by atomic mass is 16.6. The molecule has 4 N–H and O–H groups in total. The van der Waals surface area contributed by atoms with Gasteiger partial charge in [-0.1, -0.05) is 0 Å². The molecular weight excluding hydrogens is 228 g/mol. The summed E-state index contributed by atoms with van der Waals surface area (Å²) in [5.41, 5.74) is 4.86. The van der Waals surface area contributed by atoms with Crippen molar-refractivity contribution in [3.05, 3.63) is 27.9 Å². The highest BCUT2D eigenvalue weighted by Gasteiger charge is 2.22. The quantitative estimate of drug-likeness (QED) is 0.489. The Bertz CT molecular complexity index is 471. The number of nitriles is 1. The molecule has 0 aliphatic heterocycles. The molecule has 1 aromatic rings. The molecule has 2 atom stereocenters. The lowest BCUT2D eigenvalue weighted by molar-refractivity contribution is -0.384. The van der Waals surface area contributed by atoms with Crippen molar-refractivity contribution in [2.75, 3.05) is 5.73 Å². The van der Waals surface area contributed by atoms with E-state index in [9.17, 15) is 20.3 Å². The van der Waals surface area contributed by atoms with E-state index < -0.39 is 22.8 Å². The van der Waals surface area contributed by atoms with Crippen molar-refractivity contribution in [3.63, 3.8) is 0 Å². The minimum Gasteiger partial charge on any atom is -0.389 e. The number of aliphatic hydroxyl groups is 2. The van der Waals surface area contributed by atoms with Crippen LogP contribution in [0.5, 0.6) is 0 Å². The fourth-order valence-electron chi connectivity index (χ4n) is 1.21. The zero-order valence-corrected chi connectivity index (χ0v) is 8.65. The molecule has 1 heterocycles. The van der Waals surface area contributed by atoms with Crippen LogP contribution in [-0.2, 0) is 0 Å². The molecule has 8 heteroatoms. The molecule has 0 aliphatic carbocycles. The first-order chi connectivity index (χ1) is 7.97. The van der Waals surface area contributed by atoms with Crippen molar-refractivity contribution < 1.29 is 15.1 Å². The average Bonchev–Trinajstić information content (AvgIpc) is 2.28. The summed E-state index contributed by atoms with van der Waals surface area (Å²) in [5.74, 6) is -0.277. The van der Waals surface area contributed by atoms with Gasteiger partial charge in [0.25, 0.3) is 0 Å². The lowest BCUT2D eigenvalue weighted by atomic mass is 10.0. The third-order valence-corrected chi connectivity index (χ3v) is 2.12. The number of hydrogen-bond donors (Lipinski definition) is 3. The van der Waals surface area contributed by atoms with Crippen LogP contribution in [0, 0.1) is 21.4 Å². The maximum atomic E-state index is 10.6. The topological polar surface area (TPSA) is 146 Å². The van der Waals surface area contributed by atoms with E-state index in [2.05, 4.69) is 4.98 Å². The molecular formula is C9H10N4O4. The van der Waals surface area contributed by atoms with Gasteiger partial charge in [0, 0.05) is 17.8 Å². The van der Waals surface area contributed by atoms with Gasteiger partial charge in [0.05, 0.1) is 23.5 Å². The van der Waals surface area contributed by atoms with Crippen LogP contribution in [0.2, 0.25) is 0 Å². The van der Waals surface area contributed by atoms with E-state index in [4.69, 9.17) is 11.0 Å². The molecule has 1 aromatic heterocycles. The van der Waals surface area contributed by atoms with Gasteiger partial charge >= 0.3 is 5.69 Å². The number of pyridine rings is 1. The Labute approximate surface area is 96.1 Å². The van der Waals surface area contributed by atoms with E-state index in [-0.39, 0.29) is 17.8 Å². The van der Waals surface area contributed by atoms with E-state index in [0.717, 1.165) is 12.3 Å². The maximum absolute atomic E-state index is 10.6. The molecule has 17 heavy (non-hydrogen) atoms. The Balaban J connectivity index is 3.04. The summed E-state index contributed by atoms with van der Waals surface area (Å²) in [6, 6.07) is 2.70. The fraction of sp³-hybridized carbons (Fsp3) is 0.333. The van der Waals surface area contributed by atoms with Gasteiger partial charge in [-0.3, -0.25) is 10.1 Å². The molecule has 0 fully saturated rings. The summed E-state index contributed by atoms with van der Waals surface area (Å²) in [4.78, 5) is 13.4. The van der Waals surface area contributed by atoms with Gasteiger partial charge in [0.15, 0.2) is 0 Å². The molecule has 0 aromatic carbocycles. The zero-order chi connectivity index (χ0) is 13.0. The van der Waals surface area contributed by atoms with Crippen LogP contribution in [0.25, 0.3) is 0 Å². The van der Waals surface area contributed by atoms with Crippen LogP contribution in [0.3, 0.4) is 0 Å². The fourth-order valence-corrected chi connectivity index (χ4v) is 1.21. The van der Waals surface area contributed by atoms with E-state index in [1.54, 1.807) is 6.07 Å². The first-order valence-corrected chi connectivity index (χ1v) is 4.60. The second kappa shape index (κ2) is 5.20. The normalized spacial score (nSPS) is 13.7. The van der Waals surface area contributed by atoms with Crippen molar-refractivity contribution in [1.82, 2.24) is 4.98 Å². The third-order valence-electron chi connectivity index (χ3n) is 2.12. The number of nitrogens with two attached hydrogens (primary N) is 1. The van der Waals surface area contributed by atoms with Gasteiger partial charge in [0.1, 0.15) is 6.10 Å². The Morgan fingerprint density at radius 1 is 1.65 bits per heavy atom. The summed E-state index contributed by atoms with van der Waals surface area (Å²) in [6.07, 6.45) is -1.92. The molecule has 8 nitrogen and oxygen atoms in total. The SMILES string of the molecule is N#CCC(O)C(O)c1cnc(N)c([N+](=O)[O-])c1. The Hall–Kier alpha value is -2.24. The molecule has 0 radical (unpaired) electrons. The summed E-state index contributed by atoms with van der Waals surface area (Å²) in [6.45, 7) is 0. The van der Waals surface area contributed by atoms with Gasteiger partial charge in [-0.25, -0.2) is 4.98 Å². The number of nitro groups is 1. The number of aromatic nitrogens is 1. The van der Waals surface area contributed by atoms with Crippen LogP contribution < -0.4 is 5.73 Å². The van der Waals surface area contributed by atoms with Gasteiger partial charge in [-0.05, 0) is 0 Å². The van der Waals surface area contributed by atoms with Crippen LogP contribution in [0.1, 0.15) is 18.1 Å². The second-order valence-corrected chi connectivity index (χ2v) is 3.30. The predicted octanol–water partition coefficient (Wildman–Crippen LogP) is -0.120. The summed E-state index contributed by atoms with van der Waals surface area (Å²) >= 11 is 0. The third kappa shape index (κ3) is 2.87. The first-order valence-electron chi connectivity index (χ1n) is 4.60. The molecule has 90 valence electrons. The van der Waals surface area contributed by atoms with E-state index in [1.165, 1.54) is 0 Å².